The van der Waals surface area contributed by atoms with Gasteiger partial charge in [0.05, 0.1) is 6.07 Å². The number of hydrogen-bond acceptors (Lipinski definition) is 3. The van der Waals surface area contributed by atoms with Crippen molar-refractivity contribution in [2.24, 2.45) is 5.41 Å². The Morgan fingerprint density at radius 2 is 2.13 bits per heavy atom. The third-order valence-electron chi connectivity index (χ3n) is 2.49. The summed E-state index contributed by atoms with van der Waals surface area (Å²) < 4.78 is 0. The largest absolute Gasteiger partial charge is 0.355 e. The lowest BCUT2D eigenvalue weighted by molar-refractivity contribution is -0.130. The molecular formula is C10H15N3O2. The molecule has 0 saturated heterocycles. The second-order valence-electron chi connectivity index (χ2n) is 3.78. The Bertz CT molecular complexity index is 315. The number of carbonyl (C=O) groups is 2. The Morgan fingerprint density at radius 3 is 2.53 bits per heavy atom. The zero-order chi connectivity index (χ0) is 11.5. The molecule has 0 bridgehead atoms. The van der Waals surface area contributed by atoms with Gasteiger partial charge in [-0.2, -0.15) is 5.26 Å². The van der Waals surface area contributed by atoms with Crippen molar-refractivity contribution >= 4 is 11.8 Å². The van der Waals surface area contributed by atoms with Crippen molar-refractivity contribution in [3.8, 4) is 6.07 Å². The lowest BCUT2D eigenvalue weighted by atomic mass is 10.1. The Kier molecular flexibility index (Phi) is 3.30. The van der Waals surface area contributed by atoms with Crippen LogP contribution in [0.1, 0.15) is 26.7 Å². The van der Waals surface area contributed by atoms with Gasteiger partial charge in [0.15, 0.2) is 0 Å². The highest BCUT2D eigenvalue weighted by Crippen LogP contribution is 2.45. The summed E-state index contributed by atoms with van der Waals surface area (Å²) in [5, 5.41) is 13.9. The molecule has 0 aliphatic heterocycles. The number of nitrogens with one attached hydrogen (secondary N) is 2. The van der Waals surface area contributed by atoms with Gasteiger partial charge in [-0.1, -0.05) is 0 Å². The van der Waals surface area contributed by atoms with E-state index in [2.05, 4.69) is 10.6 Å². The van der Waals surface area contributed by atoms with E-state index < -0.39 is 11.5 Å². The average molecular weight is 209 g/mol. The van der Waals surface area contributed by atoms with Crippen LogP contribution in [-0.4, -0.2) is 24.4 Å². The van der Waals surface area contributed by atoms with Crippen LogP contribution in [0.4, 0.5) is 0 Å². The lowest BCUT2D eigenvalue weighted by Crippen LogP contribution is -2.47. The predicted molar refractivity (Wildman–Crippen MR) is 53.6 cm³/mol. The first-order valence-corrected chi connectivity index (χ1v) is 5.05. The summed E-state index contributed by atoms with van der Waals surface area (Å²) in [6, 6.07) is 1.40. The van der Waals surface area contributed by atoms with Gasteiger partial charge in [-0.25, -0.2) is 0 Å². The molecule has 82 valence electrons. The van der Waals surface area contributed by atoms with E-state index >= 15 is 0 Å². The molecule has 1 aliphatic rings. The Hall–Kier alpha value is -1.57. The molecule has 5 heteroatoms. The van der Waals surface area contributed by atoms with E-state index in [0.717, 1.165) is 0 Å². The first kappa shape index (κ1) is 11.5. The standard InChI is InChI=1S/C10H15N3O2/c1-3-12-8(14)7(2)13-9(15)10(6-11)4-5-10/h7H,3-5H2,1-2H3,(H,12,14)(H,13,15). The zero-order valence-corrected chi connectivity index (χ0v) is 8.96. The maximum atomic E-state index is 11.6. The van der Waals surface area contributed by atoms with E-state index in [-0.39, 0.29) is 11.8 Å². The number of carbonyl (C=O) groups excluding carboxylic acids is 2. The normalized spacial score (nSPS) is 18.5. The summed E-state index contributed by atoms with van der Waals surface area (Å²) in [6.07, 6.45) is 1.19. The Balaban J connectivity index is 2.45. The molecule has 1 saturated carbocycles. The van der Waals surface area contributed by atoms with Gasteiger partial charge < -0.3 is 10.6 Å². The molecule has 2 N–H and O–H groups in total. The summed E-state index contributed by atoms with van der Waals surface area (Å²) in [6.45, 7) is 3.95. The highest BCUT2D eigenvalue weighted by atomic mass is 16.2. The highest BCUT2D eigenvalue weighted by Gasteiger charge is 2.51. The molecule has 1 aliphatic carbocycles. The second kappa shape index (κ2) is 4.30. The van der Waals surface area contributed by atoms with E-state index in [0.29, 0.717) is 19.4 Å². The van der Waals surface area contributed by atoms with Gasteiger partial charge in [0.1, 0.15) is 11.5 Å². The van der Waals surface area contributed by atoms with Gasteiger partial charge in [0.2, 0.25) is 11.8 Å². The molecule has 1 atom stereocenters. The van der Waals surface area contributed by atoms with Crippen molar-refractivity contribution < 1.29 is 9.59 Å². The van der Waals surface area contributed by atoms with Crippen LogP contribution in [0.25, 0.3) is 0 Å². The van der Waals surface area contributed by atoms with Crippen molar-refractivity contribution in [2.75, 3.05) is 6.54 Å². The van der Waals surface area contributed by atoms with Crippen LogP contribution < -0.4 is 10.6 Å². The summed E-state index contributed by atoms with van der Waals surface area (Å²) >= 11 is 0. The molecule has 0 heterocycles. The van der Waals surface area contributed by atoms with Crippen LogP contribution in [0, 0.1) is 16.7 Å². The number of nitriles is 1. The number of likely N-dealkylation sites (N-methyl/N-ethyl adjacent to an activating group) is 1. The molecule has 5 nitrogen and oxygen atoms in total. The first-order chi connectivity index (χ1) is 7.05. The smallest absolute Gasteiger partial charge is 0.242 e. The van der Waals surface area contributed by atoms with E-state index in [9.17, 15) is 9.59 Å². The third-order valence-corrected chi connectivity index (χ3v) is 2.49. The highest BCUT2D eigenvalue weighted by molar-refractivity contribution is 5.92. The van der Waals surface area contributed by atoms with Gasteiger partial charge in [-0.15, -0.1) is 0 Å². The zero-order valence-electron chi connectivity index (χ0n) is 8.96. The number of rotatable bonds is 4. The first-order valence-electron chi connectivity index (χ1n) is 5.05. The fraction of sp³-hybridized carbons (Fsp3) is 0.700. The predicted octanol–water partition coefficient (Wildman–Crippen LogP) is -0.0690. The minimum atomic E-state index is -0.860. The van der Waals surface area contributed by atoms with Gasteiger partial charge >= 0.3 is 0 Å². The fourth-order valence-electron chi connectivity index (χ4n) is 1.24. The number of nitrogens with zero attached hydrogens (tertiary/aromatic N) is 1. The van der Waals surface area contributed by atoms with E-state index in [1.807, 2.05) is 13.0 Å². The van der Waals surface area contributed by atoms with Crippen LogP contribution in [0.5, 0.6) is 0 Å². The summed E-state index contributed by atoms with van der Waals surface area (Å²) in [5.74, 6) is -0.552. The molecule has 0 aromatic carbocycles. The minimum Gasteiger partial charge on any atom is -0.355 e. The number of hydrogen-bond donors (Lipinski definition) is 2. The topological polar surface area (TPSA) is 82.0 Å². The lowest BCUT2D eigenvalue weighted by Gasteiger charge is -2.14. The van der Waals surface area contributed by atoms with Crippen molar-refractivity contribution in [1.29, 1.82) is 5.26 Å². The molecule has 0 spiro atoms. The van der Waals surface area contributed by atoms with Crippen LogP contribution in [-0.2, 0) is 9.59 Å². The molecule has 0 aromatic rings. The monoisotopic (exact) mass is 209 g/mol. The molecule has 15 heavy (non-hydrogen) atoms. The van der Waals surface area contributed by atoms with E-state index in [1.54, 1.807) is 6.92 Å². The molecular weight excluding hydrogens is 194 g/mol. The maximum Gasteiger partial charge on any atom is 0.242 e. The summed E-state index contributed by atoms with van der Waals surface area (Å²) in [4.78, 5) is 22.9. The van der Waals surface area contributed by atoms with Crippen LogP contribution in [0.15, 0.2) is 0 Å². The van der Waals surface area contributed by atoms with Crippen molar-refractivity contribution in [1.82, 2.24) is 10.6 Å². The Morgan fingerprint density at radius 1 is 1.53 bits per heavy atom. The van der Waals surface area contributed by atoms with Gasteiger partial charge in [-0.05, 0) is 26.7 Å². The fourth-order valence-corrected chi connectivity index (χ4v) is 1.24. The van der Waals surface area contributed by atoms with E-state index in [1.165, 1.54) is 0 Å². The number of amides is 2. The van der Waals surface area contributed by atoms with Crippen molar-refractivity contribution in [3.05, 3.63) is 0 Å². The maximum absolute atomic E-state index is 11.6. The van der Waals surface area contributed by atoms with Crippen molar-refractivity contribution in [2.45, 2.75) is 32.7 Å². The molecule has 0 radical (unpaired) electrons. The molecule has 1 fully saturated rings. The van der Waals surface area contributed by atoms with Crippen LogP contribution in [0.2, 0.25) is 0 Å². The van der Waals surface area contributed by atoms with Crippen LogP contribution in [0.3, 0.4) is 0 Å². The van der Waals surface area contributed by atoms with Gasteiger partial charge in [0, 0.05) is 6.54 Å². The summed E-state index contributed by atoms with van der Waals surface area (Å²) in [7, 11) is 0. The van der Waals surface area contributed by atoms with Gasteiger partial charge in [0.25, 0.3) is 0 Å². The molecule has 2 amide bonds. The minimum absolute atomic E-state index is 0.223. The SMILES string of the molecule is CCNC(=O)C(C)NC(=O)C1(C#N)CC1. The van der Waals surface area contributed by atoms with Gasteiger partial charge in [-0.3, -0.25) is 9.59 Å². The van der Waals surface area contributed by atoms with Crippen LogP contribution >= 0.6 is 0 Å². The molecule has 1 rings (SSSR count). The Labute approximate surface area is 88.8 Å². The summed E-state index contributed by atoms with van der Waals surface area (Å²) in [5.41, 5.74) is -0.860. The van der Waals surface area contributed by atoms with Crippen molar-refractivity contribution in [3.63, 3.8) is 0 Å². The van der Waals surface area contributed by atoms with E-state index in [4.69, 9.17) is 5.26 Å². The quantitative estimate of drug-likeness (QED) is 0.680. The third kappa shape index (κ3) is 2.46. The second-order valence-corrected chi connectivity index (χ2v) is 3.78. The molecule has 1 unspecified atom stereocenters. The molecule has 0 aromatic heterocycles. The average Bonchev–Trinajstić information content (AvgIpc) is 2.98.